The molecule has 8 nitrogen and oxygen atoms in total. The molecule has 0 aromatic heterocycles. The first-order valence-electron chi connectivity index (χ1n) is 11.0. The molecule has 0 bridgehead atoms. The predicted octanol–water partition coefficient (Wildman–Crippen LogP) is 3.23. The van der Waals surface area contributed by atoms with Gasteiger partial charge < -0.3 is 19.3 Å². The molecule has 0 radical (unpaired) electrons. The maximum atomic E-state index is 13.0. The number of hydrogen-bond donors (Lipinski definition) is 1. The monoisotopic (exact) mass is 498 g/mol. The van der Waals surface area contributed by atoms with E-state index in [9.17, 15) is 18.3 Å². The molecule has 35 heavy (non-hydrogen) atoms. The van der Waals surface area contributed by atoms with E-state index in [-0.39, 0.29) is 18.1 Å². The summed E-state index contributed by atoms with van der Waals surface area (Å²) in [7, 11) is -4.23. The van der Waals surface area contributed by atoms with Crippen LogP contribution in [0.5, 0.6) is 0 Å². The van der Waals surface area contributed by atoms with Gasteiger partial charge >= 0.3 is 5.97 Å². The molecule has 4 rings (SSSR count). The molecule has 0 aliphatic carbocycles. The quantitative estimate of drug-likeness (QED) is 0.354. The summed E-state index contributed by atoms with van der Waals surface area (Å²) in [6, 6.07) is 23.7. The number of carbonyl (C=O) groups is 1. The summed E-state index contributed by atoms with van der Waals surface area (Å²) in [5.74, 6) is -0.613. The van der Waals surface area contributed by atoms with Gasteiger partial charge in [0.2, 0.25) is 0 Å². The fourth-order valence-corrected chi connectivity index (χ4v) is 4.73. The number of esters is 1. The summed E-state index contributed by atoms with van der Waals surface area (Å²) in [5.41, 5.74) is 2.03. The second-order valence-electron chi connectivity index (χ2n) is 8.12. The number of carbonyl (C=O) groups excluding carboxylic acids is 1. The molecule has 1 heterocycles. The summed E-state index contributed by atoms with van der Waals surface area (Å²) < 4.78 is 48.2. The lowest BCUT2D eigenvalue weighted by atomic mass is 10.1. The van der Waals surface area contributed by atoms with Crippen LogP contribution in [0.15, 0.2) is 89.8 Å². The van der Waals surface area contributed by atoms with E-state index in [2.05, 4.69) is 0 Å². The van der Waals surface area contributed by atoms with E-state index in [1.54, 1.807) is 42.5 Å². The van der Waals surface area contributed by atoms with Crippen molar-refractivity contribution in [1.82, 2.24) is 0 Å². The number of aryl methyl sites for hydroxylation is 1. The lowest BCUT2D eigenvalue weighted by Gasteiger charge is -2.23. The first kappa shape index (κ1) is 25.0. The van der Waals surface area contributed by atoms with Gasteiger partial charge in [0, 0.05) is 0 Å². The van der Waals surface area contributed by atoms with Crippen molar-refractivity contribution in [2.75, 3.05) is 6.61 Å². The number of ether oxygens (including phenoxy) is 3. The molecule has 0 unspecified atom stereocenters. The third-order valence-corrected chi connectivity index (χ3v) is 6.83. The molecule has 1 aliphatic rings. The van der Waals surface area contributed by atoms with Gasteiger partial charge in [-0.1, -0.05) is 66.2 Å². The highest BCUT2D eigenvalue weighted by Crippen LogP contribution is 2.30. The number of aliphatic hydroxyl groups excluding tert-OH is 1. The largest absolute Gasteiger partial charge is 0.459 e. The van der Waals surface area contributed by atoms with Crippen LogP contribution in [0.1, 0.15) is 21.5 Å². The topological polar surface area (TPSA) is 108 Å². The van der Waals surface area contributed by atoms with E-state index in [0.717, 1.165) is 11.1 Å². The summed E-state index contributed by atoms with van der Waals surface area (Å²) in [6.07, 6.45) is -4.98. The van der Waals surface area contributed by atoms with Crippen molar-refractivity contribution in [3.8, 4) is 0 Å². The Bertz CT molecular complexity index is 1210. The molecular weight excluding hydrogens is 472 g/mol. The van der Waals surface area contributed by atoms with Crippen LogP contribution >= 0.6 is 0 Å². The third kappa shape index (κ3) is 6.33. The SMILES string of the molecule is Cc1ccc(S(=O)(=O)O[C@H]2[C@@H](OCc3ccccc3)[C@@H](O)O[C@@H]2COC(=O)c2ccccc2)cc1. The highest BCUT2D eigenvalue weighted by Gasteiger charge is 2.48. The normalized spacial score (nSPS) is 22.1. The molecule has 1 fully saturated rings. The number of benzene rings is 3. The second-order valence-corrected chi connectivity index (χ2v) is 9.69. The minimum Gasteiger partial charge on any atom is -0.459 e. The smallest absolute Gasteiger partial charge is 0.338 e. The van der Waals surface area contributed by atoms with Crippen LogP contribution in [-0.2, 0) is 35.1 Å². The van der Waals surface area contributed by atoms with Crippen LogP contribution in [0.3, 0.4) is 0 Å². The van der Waals surface area contributed by atoms with Crippen molar-refractivity contribution in [3.05, 3.63) is 102 Å². The predicted molar refractivity (Wildman–Crippen MR) is 126 cm³/mol. The van der Waals surface area contributed by atoms with Gasteiger partial charge in [-0.15, -0.1) is 0 Å². The Kier molecular flexibility index (Phi) is 7.94. The van der Waals surface area contributed by atoms with Gasteiger partial charge in [-0.2, -0.15) is 8.42 Å². The van der Waals surface area contributed by atoms with Gasteiger partial charge in [-0.25, -0.2) is 4.79 Å². The number of aliphatic hydroxyl groups is 1. The summed E-state index contributed by atoms with van der Waals surface area (Å²) in [4.78, 5) is 12.3. The van der Waals surface area contributed by atoms with Gasteiger partial charge in [-0.05, 0) is 36.8 Å². The lowest BCUT2D eigenvalue weighted by molar-refractivity contribution is -0.150. The van der Waals surface area contributed by atoms with E-state index in [1.165, 1.54) is 12.1 Å². The Labute approximate surface area is 204 Å². The summed E-state index contributed by atoms with van der Waals surface area (Å²) in [5, 5.41) is 10.5. The third-order valence-electron chi connectivity index (χ3n) is 5.51. The van der Waals surface area contributed by atoms with Crippen LogP contribution < -0.4 is 0 Å². The van der Waals surface area contributed by atoms with Crippen LogP contribution in [0.2, 0.25) is 0 Å². The highest BCUT2D eigenvalue weighted by atomic mass is 32.2. The van der Waals surface area contributed by atoms with Crippen LogP contribution in [-0.4, -0.2) is 50.7 Å². The molecule has 9 heteroatoms. The van der Waals surface area contributed by atoms with Gasteiger partial charge in [0.1, 0.15) is 24.9 Å². The molecule has 1 saturated heterocycles. The Hall–Kier alpha value is -3.08. The molecule has 3 aromatic carbocycles. The summed E-state index contributed by atoms with van der Waals surface area (Å²) in [6.45, 7) is 1.58. The van der Waals surface area contributed by atoms with Crippen molar-refractivity contribution in [2.24, 2.45) is 0 Å². The van der Waals surface area contributed by atoms with Crippen LogP contribution in [0.25, 0.3) is 0 Å². The fourth-order valence-electron chi connectivity index (χ4n) is 3.62. The molecular formula is C26H26O8S. The van der Waals surface area contributed by atoms with Crippen molar-refractivity contribution >= 4 is 16.1 Å². The van der Waals surface area contributed by atoms with Crippen LogP contribution in [0, 0.1) is 6.92 Å². The molecule has 0 saturated carbocycles. The zero-order chi connectivity index (χ0) is 24.8. The average molecular weight is 499 g/mol. The summed E-state index contributed by atoms with van der Waals surface area (Å²) >= 11 is 0. The molecule has 1 N–H and O–H groups in total. The molecule has 0 amide bonds. The van der Waals surface area contributed by atoms with E-state index >= 15 is 0 Å². The van der Waals surface area contributed by atoms with E-state index in [4.69, 9.17) is 18.4 Å². The minimum atomic E-state index is -4.23. The molecule has 4 atom stereocenters. The van der Waals surface area contributed by atoms with Crippen molar-refractivity contribution < 1.29 is 36.7 Å². The van der Waals surface area contributed by atoms with Gasteiger partial charge in [0.05, 0.1) is 17.1 Å². The maximum absolute atomic E-state index is 13.0. The van der Waals surface area contributed by atoms with Gasteiger partial charge in [0.25, 0.3) is 10.1 Å². The Balaban J connectivity index is 1.52. The van der Waals surface area contributed by atoms with Gasteiger partial charge in [0.15, 0.2) is 6.29 Å². The van der Waals surface area contributed by atoms with Crippen LogP contribution in [0.4, 0.5) is 0 Å². The first-order chi connectivity index (χ1) is 16.8. The second kappa shape index (κ2) is 11.1. The lowest BCUT2D eigenvalue weighted by Crippen LogP contribution is -2.40. The minimum absolute atomic E-state index is 0.0497. The standard InChI is InChI=1S/C26H26O8S/c1-18-12-14-21(15-13-18)35(29,30)34-23-22(17-32-25(27)20-10-6-3-7-11-20)33-26(28)24(23)31-16-19-8-4-2-5-9-19/h2-15,22-24,26,28H,16-17H2,1H3/t22-,23-,24-,26+/m1/s1. The first-order valence-corrected chi connectivity index (χ1v) is 12.5. The molecule has 3 aromatic rings. The zero-order valence-corrected chi connectivity index (χ0v) is 19.8. The fraction of sp³-hybridized carbons (Fsp3) is 0.269. The van der Waals surface area contributed by atoms with E-state index < -0.39 is 40.7 Å². The number of hydrogen-bond acceptors (Lipinski definition) is 8. The van der Waals surface area contributed by atoms with E-state index in [0.29, 0.717) is 5.56 Å². The zero-order valence-electron chi connectivity index (χ0n) is 19.0. The van der Waals surface area contributed by atoms with Crippen molar-refractivity contribution in [2.45, 2.75) is 43.0 Å². The number of rotatable bonds is 9. The molecule has 184 valence electrons. The molecule has 1 aliphatic heterocycles. The Morgan fingerprint density at radius 1 is 0.914 bits per heavy atom. The average Bonchev–Trinajstić information content (AvgIpc) is 3.15. The maximum Gasteiger partial charge on any atom is 0.338 e. The van der Waals surface area contributed by atoms with Crippen molar-refractivity contribution in [1.29, 1.82) is 0 Å². The Morgan fingerprint density at radius 2 is 1.54 bits per heavy atom. The molecule has 0 spiro atoms. The van der Waals surface area contributed by atoms with Crippen molar-refractivity contribution in [3.63, 3.8) is 0 Å². The van der Waals surface area contributed by atoms with E-state index in [1.807, 2.05) is 37.3 Å². The Morgan fingerprint density at radius 3 is 2.20 bits per heavy atom. The highest BCUT2D eigenvalue weighted by molar-refractivity contribution is 7.86. The van der Waals surface area contributed by atoms with Gasteiger partial charge in [-0.3, -0.25) is 4.18 Å².